The van der Waals surface area contributed by atoms with Gasteiger partial charge in [-0.2, -0.15) is 22.5 Å². The van der Waals surface area contributed by atoms with Gasteiger partial charge >= 0.3 is 0 Å². The van der Waals surface area contributed by atoms with Crippen LogP contribution in [-0.2, 0) is 0 Å². The molecule has 7 heteroatoms. The van der Waals surface area contributed by atoms with Crippen LogP contribution < -0.4 is 5.32 Å². The van der Waals surface area contributed by atoms with Gasteiger partial charge in [0, 0.05) is 6.54 Å². The largest absolute Gasteiger partial charge is 0.393 e. The van der Waals surface area contributed by atoms with E-state index in [1.165, 1.54) is 0 Å². The third-order valence-corrected chi connectivity index (χ3v) is 2.10. The van der Waals surface area contributed by atoms with Crippen LogP contribution in [-0.4, -0.2) is 22.7 Å². The Bertz CT molecular complexity index is 372. The molecule has 0 radical (unpaired) electrons. The molecule has 17 heavy (non-hydrogen) atoms. The first kappa shape index (κ1) is 13.7. The van der Waals surface area contributed by atoms with Crippen LogP contribution in [0.4, 0.5) is 23.2 Å². The zero-order valence-electron chi connectivity index (χ0n) is 9.10. The average molecular weight is 252 g/mol. The number of nitrogens with zero attached hydrogens (tertiary/aromatic N) is 1. The summed E-state index contributed by atoms with van der Waals surface area (Å²) in [7, 11) is 0. The number of pyridine rings is 1. The zero-order valence-corrected chi connectivity index (χ0v) is 9.10. The van der Waals surface area contributed by atoms with Gasteiger partial charge < -0.3 is 10.4 Å². The van der Waals surface area contributed by atoms with Gasteiger partial charge in [-0.25, -0.2) is 0 Å². The molecule has 0 bridgehead atoms. The van der Waals surface area contributed by atoms with Crippen LogP contribution in [0.5, 0.6) is 0 Å². The second-order valence-electron chi connectivity index (χ2n) is 3.61. The zero-order chi connectivity index (χ0) is 13.0. The third kappa shape index (κ3) is 3.55. The molecule has 1 unspecified atom stereocenters. The summed E-state index contributed by atoms with van der Waals surface area (Å²) >= 11 is 0. The van der Waals surface area contributed by atoms with Crippen molar-refractivity contribution < 1.29 is 22.7 Å². The highest BCUT2D eigenvalue weighted by molar-refractivity contribution is 5.45. The molecule has 0 spiro atoms. The smallest absolute Gasteiger partial charge is 0.253 e. The summed E-state index contributed by atoms with van der Waals surface area (Å²) in [5, 5.41) is 11.2. The highest BCUT2D eigenvalue weighted by Gasteiger charge is 2.20. The number of rotatable bonds is 5. The van der Waals surface area contributed by atoms with Gasteiger partial charge in [-0.3, -0.25) is 0 Å². The monoisotopic (exact) mass is 252 g/mol. The van der Waals surface area contributed by atoms with E-state index in [1.54, 1.807) is 6.92 Å². The van der Waals surface area contributed by atoms with Crippen LogP contribution in [0, 0.1) is 23.5 Å². The van der Waals surface area contributed by atoms with Gasteiger partial charge in [-0.1, -0.05) is 0 Å². The van der Waals surface area contributed by atoms with Crippen molar-refractivity contribution in [2.24, 2.45) is 0 Å². The Labute approximate surface area is 95.5 Å². The number of aliphatic hydroxyl groups is 1. The highest BCUT2D eigenvalue weighted by atomic mass is 19.2. The molecule has 0 fully saturated rings. The maximum Gasteiger partial charge on any atom is 0.253 e. The molecule has 3 nitrogen and oxygen atoms in total. The Hall–Kier alpha value is -1.37. The van der Waals surface area contributed by atoms with E-state index < -0.39 is 35.3 Å². The maximum atomic E-state index is 13.1. The van der Waals surface area contributed by atoms with E-state index in [9.17, 15) is 17.6 Å². The summed E-state index contributed by atoms with van der Waals surface area (Å²) in [6.07, 6.45) is 0.270. The molecule has 1 rings (SSSR count). The maximum absolute atomic E-state index is 13.1. The van der Waals surface area contributed by atoms with Crippen molar-refractivity contribution in [3.8, 4) is 0 Å². The first-order valence-electron chi connectivity index (χ1n) is 5.05. The number of anilines is 1. The summed E-state index contributed by atoms with van der Waals surface area (Å²) in [6, 6.07) is 0. The molecule has 1 aromatic heterocycles. The third-order valence-electron chi connectivity index (χ3n) is 2.10. The summed E-state index contributed by atoms with van der Waals surface area (Å²) in [5.74, 6) is -6.49. The Morgan fingerprint density at radius 1 is 1.18 bits per heavy atom. The van der Waals surface area contributed by atoms with Crippen molar-refractivity contribution in [3.63, 3.8) is 0 Å². The van der Waals surface area contributed by atoms with Crippen LogP contribution in [0.1, 0.15) is 19.8 Å². The Kier molecular flexibility index (Phi) is 4.68. The standard InChI is InChI=1S/C10H12F4N2O/c1-5(17)3-2-4-15-8-6(11)9(13)16-10(14)7(8)12/h5,17H,2-4H2,1H3,(H,15,16). The minimum Gasteiger partial charge on any atom is -0.393 e. The molecule has 2 N–H and O–H groups in total. The minimum absolute atomic E-state index is 0.0850. The van der Waals surface area contributed by atoms with Crippen molar-refractivity contribution in [3.05, 3.63) is 23.5 Å². The van der Waals surface area contributed by atoms with E-state index in [0.717, 1.165) is 0 Å². The molecule has 1 heterocycles. The summed E-state index contributed by atoms with van der Waals surface area (Å²) in [6.45, 7) is 1.65. The fourth-order valence-electron chi connectivity index (χ4n) is 1.25. The van der Waals surface area contributed by atoms with Gasteiger partial charge in [0.15, 0.2) is 0 Å². The number of aromatic nitrogens is 1. The molecule has 0 aliphatic rings. The molecule has 0 amide bonds. The number of aliphatic hydroxyl groups excluding tert-OH is 1. The van der Waals surface area contributed by atoms with Gasteiger partial charge in [0.25, 0.3) is 11.9 Å². The second kappa shape index (κ2) is 5.81. The minimum atomic E-state index is -1.69. The topological polar surface area (TPSA) is 45.1 Å². The van der Waals surface area contributed by atoms with Crippen LogP contribution in [0.3, 0.4) is 0 Å². The van der Waals surface area contributed by atoms with Crippen molar-refractivity contribution in [2.45, 2.75) is 25.9 Å². The van der Waals surface area contributed by atoms with Crippen molar-refractivity contribution >= 4 is 5.69 Å². The molecular weight excluding hydrogens is 240 g/mol. The van der Waals surface area contributed by atoms with Gasteiger partial charge in [0.1, 0.15) is 5.69 Å². The van der Waals surface area contributed by atoms with Gasteiger partial charge in [0.05, 0.1) is 6.10 Å². The lowest BCUT2D eigenvalue weighted by Gasteiger charge is -2.09. The highest BCUT2D eigenvalue weighted by Crippen LogP contribution is 2.21. The quantitative estimate of drug-likeness (QED) is 0.480. The normalized spacial score (nSPS) is 12.6. The van der Waals surface area contributed by atoms with Crippen molar-refractivity contribution in [2.75, 3.05) is 11.9 Å². The average Bonchev–Trinajstić information content (AvgIpc) is 2.25. The van der Waals surface area contributed by atoms with Crippen molar-refractivity contribution in [1.29, 1.82) is 0 Å². The predicted molar refractivity (Wildman–Crippen MR) is 53.5 cm³/mol. The van der Waals surface area contributed by atoms with Crippen LogP contribution in [0.2, 0.25) is 0 Å². The summed E-state index contributed by atoms with van der Waals surface area (Å²) in [4.78, 5) is 2.43. The number of hydrogen-bond donors (Lipinski definition) is 2. The molecule has 0 saturated heterocycles. The molecule has 1 aromatic rings. The lowest BCUT2D eigenvalue weighted by molar-refractivity contribution is 0.183. The first-order valence-corrected chi connectivity index (χ1v) is 5.05. The molecule has 96 valence electrons. The molecular formula is C10H12F4N2O. The van der Waals surface area contributed by atoms with E-state index in [0.29, 0.717) is 12.8 Å². The Morgan fingerprint density at radius 2 is 1.71 bits per heavy atom. The lowest BCUT2D eigenvalue weighted by Crippen LogP contribution is -2.12. The number of hydrogen-bond acceptors (Lipinski definition) is 3. The van der Waals surface area contributed by atoms with Crippen LogP contribution >= 0.6 is 0 Å². The fourth-order valence-corrected chi connectivity index (χ4v) is 1.25. The predicted octanol–water partition coefficient (Wildman–Crippen LogP) is 2.21. The lowest BCUT2D eigenvalue weighted by atomic mass is 10.2. The summed E-state index contributed by atoms with van der Waals surface area (Å²) < 4.78 is 51.5. The fraction of sp³-hybridized carbons (Fsp3) is 0.500. The SMILES string of the molecule is CC(O)CCCNc1c(F)c(F)nc(F)c1F. The summed E-state index contributed by atoms with van der Waals surface area (Å²) in [5.41, 5.74) is -0.874. The van der Waals surface area contributed by atoms with Gasteiger partial charge in [0.2, 0.25) is 11.6 Å². The van der Waals surface area contributed by atoms with E-state index in [4.69, 9.17) is 5.11 Å². The molecule has 0 aliphatic carbocycles. The molecule has 0 aliphatic heterocycles. The Balaban J connectivity index is 2.70. The first-order chi connectivity index (χ1) is 7.93. The molecule has 1 atom stereocenters. The second-order valence-corrected chi connectivity index (χ2v) is 3.61. The van der Waals surface area contributed by atoms with E-state index in [1.807, 2.05) is 0 Å². The molecule has 0 saturated carbocycles. The van der Waals surface area contributed by atoms with Gasteiger partial charge in [-0.15, -0.1) is 0 Å². The number of halogens is 4. The van der Waals surface area contributed by atoms with Crippen LogP contribution in [0.25, 0.3) is 0 Å². The van der Waals surface area contributed by atoms with E-state index in [-0.39, 0.29) is 6.54 Å². The van der Waals surface area contributed by atoms with Crippen molar-refractivity contribution in [1.82, 2.24) is 4.98 Å². The van der Waals surface area contributed by atoms with E-state index >= 15 is 0 Å². The Morgan fingerprint density at radius 3 is 2.18 bits per heavy atom. The molecule has 0 aromatic carbocycles. The van der Waals surface area contributed by atoms with Gasteiger partial charge in [-0.05, 0) is 19.8 Å². The number of nitrogens with one attached hydrogen (secondary N) is 1. The van der Waals surface area contributed by atoms with E-state index in [2.05, 4.69) is 10.3 Å². The van der Waals surface area contributed by atoms with Crippen LogP contribution in [0.15, 0.2) is 0 Å².